The third kappa shape index (κ3) is 5.58. The minimum atomic E-state index is -4.16. The molecule has 1 aliphatic rings. The lowest BCUT2D eigenvalue weighted by Gasteiger charge is -2.17. The summed E-state index contributed by atoms with van der Waals surface area (Å²) in [6, 6.07) is 4.83. The highest BCUT2D eigenvalue weighted by Gasteiger charge is 2.35. The number of likely N-dealkylation sites (tertiary alicyclic amines) is 1. The molecule has 0 bridgehead atoms. The van der Waals surface area contributed by atoms with Gasteiger partial charge in [0.1, 0.15) is 5.75 Å². The zero-order chi connectivity index (χ0) is 17.0. The van der Waals surface area contributed by atoms with Crippen LogP contribution in [0, 0.1) is 5.92 Å². The number of hydrogen-bond donors (Lipinski definition) is 1. The Morgan fingerprint density at radius 3 is 2.87 bits per heavy atom. The molecule has 2 rings (SSSR count). The molecular formula is C15H18ClF3N2O2. The number of methoxy groups -OCH3 is 1. The van der Waals surface area contributed by atoms with Crippen LogP contribution in [0.25, 0.3) is 0 Å². The number of amides is 1. The van der Waals surface area contributed by atoms with Crippen LogP contribution in [0.5, 0.6) is 5.75 Å². The second-order valence-corrected chi connectivity index (χ2v) is 6.04. The van der Waals surface area contributed by atoms with E-state index in [2.05, 4.69) is 5.32 Å². The van der Waals surface area contributed by atoms with Crippen LogP contribution < -0.4 is 10.1 Å². The average Bonchev–Trinajstić information content (AvgIpc) is 2.83. The van der Waals surface area contributed by atoms with E-state index < -0.39 is 18.5 Å². The van der Waals surface area contributed by atoms with Crippen LogP contribution >= 0.6 is 11.6 Å². The Labute approximate surface area is 137 Å². The van der Waals surface area contributed by atoms with Gasteiger partial charge in [0.25, 0.3) is 0 Å². The van der Waals surface area contributed by atoms with Gasteiger partial charge in [-0.2, -0.15) is 13.2 Å². The van der Waals surface area contributed by atoms with E-state index in [1.807, 2.05) is 0 Å². The lowest BCUT2D eigenvalue weighted by Crippen LogP contribution is -2.32. The van der Waals surface area contributed by atoms with Crippen molar-refractivity contribution >= 4 is 23.2 Å². The summed E-state index contributed by atoms with van der Waals surface area (Å²) < 4.78 is 42.3. The molecule has 8 heteroatoms. The molecule has 0 saturated carbocycles. The molecule has 23 heavy (non-hydrogen) atoms. The quantitative estimate of drug-likeness (QED) is 0.882. The summed E-state index contributed by atoms with van der Waals surface area (Å²) >= 11 is 5.88. The van der Waals surface area contributed by atoms with Gasteiger partial charge in [0.15, 0.2) is 0 Å². The molecule has 4 nitrogen and oxygen atoms in total. The third-order valence-electron chi connectivity index (χ3n) is 3.69. The number of carbonyl (C=O) groups excluding carboxylic acids is 1. The maximum atomic E-state index is 12.4. The predicted octanol–water partition coefficient (Wildman–Crippen LogP) is 3.56. The van der Waals surface area contributed by atoms with E-state index >= 15 is 0 Å². The molecule has 1 aromatic carbocycles. The van der Waals surface area contributed by atoms with Crippen LogP contribution in [0.3, 0.4) is 0 Å². The number of rotatable bonds is 5. The number of anilines is 1. The van der Waals surface area contributed by atoms with Crippen molar-refractivity contribution in [2.45, 2.75) is 19.0 Å². The lowest BCUT2D eigenvalue weighted by atomic mass is 10.1. The highest BCUT2D eigenvalue weighted by atomic mass is 35.5. The van der Waals surface area contributed by atoms with E-state index in [1.165, 1.54) is 7.11 Å². The normalized spacial score (nSPS) is 18.9. The fourth-order valence-corrected chi connectivity index (χ4v) is 2.89. The number of carbonyl (C=O) groups is 1. The van der Waals surface area contributed by atoms with E-state index in [0.717, 1.165) is 0 Å². The topological polar surface area (TPSA) is 41.6 Å². The standard InChI is InChI=1S/C15H18ClF3N2O2/c1-23-13-3-2-11(16)6-12(13)20-14(22)9-21-5-4-10(8-21)7-15(17,18)19/h2-3,6,10H,4-5,7-9H2,1H3,(H,20,22). The van der Waals surface area contributed by atoms with Crippen molar-refractivity contribution in [1.29, 1.82) is 0 Å². The molecule has 1 heterocycles. The molecule has 0 aromatic heterocycles. The zero-order valence-corrected chi connectivity index (χ0v) is 13.4. The molecule has 1 amide bonds. The predicted molar refractivity (Wildman–Crippen MR) is 81.9 cm³/mol. The Balaban J connectivity index is 1.88. The van der Waals surface area contributed by atoms with Crippen LogP contribution in [0.1, 0.15) is 12.8 Å². The smallest absolute Gasteiger partial charge is 0.389 e. The van der Waals surface area contributed by atoms with Gasteiger partial charge < -0.3 is 10.1 Å². The second kappa shape index (κ2) is 7.40. The number of nitrogens with zero attached hydrogens (tertiary/aromatic N) is 1. The average molecular weight is 351 g/mol. The SMILES string of the molecule is COc1ccc(Cl)cc1NC(=O)CN1CCC(CC(F)(F)F)C1. The molecular weight excluding hydrogens is 333 g/mol. The summed E-state index contributed by atoms with van der Waals surface area (Å²) in [5.41, 5.74) is 0.441. The Hall–Kier alpha value is -1.47. The van der Waals surface area contributed by atoms with Crippen molar-refractivity contribution in [1.82, 2.24) is 4.90 Å². The summed E-state index contributed by atoms with van der Waals surface area (Å²) in [4.78, 5) is 13.8. The van der Waals surface area contributed by atoms with Gasteiger partial charge in [0, 0.05) is 18.0 Å². The number of nitrogens with one attached hydrogen (secondary N) is 1. The third-order valence-corrected chi connectivity index (χ3v) is 3.93. The summed E-state index contributed by atoms with van der Waals surface area (Å²) in [6.45, 7) is 0.810. The first-order chi connectivity index (χ1) is 10.8. The fourth-order valence-electron chi connectivity index (χ4n) is 2.72. The zero-order valence-electron chi connectivity index (χ0n) is 12.6. The minimum Gasteiger partial charge on any atom is -0.495 e. The maximum Gasteiger partial charge on any atom is 0.389 e. The van der Waals surface area contributed by atoms with Gasteiger partial charge in [-0.25, -0.2) is 0 Å². The molecule has 1 saturated heterocycles. The van der Waals surface area contributed by atoms with Gasteiger partial charge in [0.2, 0.25) is 5.91 Å². The van der Waals surface area contributed by atoms with E-state index in [4.69, 9.17) is 16.3 Å². The van der Waals surface area contributed by atoms with Gasteiger partial charge in [-0.1, -0.05) is 11.6 Å². The number of halogens is 4. The number of ether oxygens (including phenoxy) is 1. The van der Waals surface area contributed by atoms with Crippen LogP contribution in [-0.2, 0) is 4.79 Å². The van der Waals surface area contributed by atoms with Crippen LogP contribution in [-0.4, -0.2) is 43.7 Å². The van der Waals surface area contributed by atoms with Gasteiger partial charge in [-0.3, -0.25) is 9.69 Å². The Morgan fingerprint density at radius 2 is 2.22 bits per heavy atom. The van der Waals surface area contributed by atoms with Crippen molar-refractivity contribution in [2.24, 2.45) is 5.92 Å². The first-order valence-corrected chi connectivity index (χ1v) is 7.57. The van der Waals surface area contributed by atoms with E-state index in [0.29, 0.717) is 29.4 Å². The first kappa shape index (κ1) is 17.9. The van der Waals surface area contributed by atoms with Crippen molar-refractivity contribution in [3.05, 3.63) is 23.2 Å². The largest absolute Gasteiger partial charge is 0.495 e. The molecule has 1 fully saturated rings. The molecule has 0 spiro atoms. The maximum absolute atomic E-state index is 12.4. The van der Waals surface area contributed by atoms with Gasteiger partial charge in [-0.15, -0.1) is 0 Å². The molecule has 0 radical (unpaired) electrons. The van der Waals surface area contributed by atoms with E-state index in [9.17, 15) is 18.0 Å². The molecule has 128 valence electrons. The van der Waals surface area contributed by atoms with Crippen molar-refractivity contribution in [3.8, 4) is 5.75 Å². The summed E-state index contributed by atoms with van der Waals surface area (Å²) in [5.74, 6) is -0.277. The summed E-state index contributed by atoms with van der Waals surface area (Å²) in [7, 11) is 1.47. The fraction of sp³-hybridized carbons (Fsp3) is 0.533. The van der Waals surface area contributed by atoms with Gasteiger partial charge in [-0.05, 0) is 37.1 Å². The highest BCUT2D eigenvalue weighted by molar-refractivity contribution is 6.31. The molecule has 1 aliphatic heterocycles. The number of alkyl halides is 3. The Morgan fingerprint density at radius 1 is 1.48 bits per heavy atom. The van der Waals surface area contributed by atoms with Crippen molar-refractivity contribution in [3.63, 3.8) is 0 Å². The molecule has 1 atom stereocenters. The lowest BCUT2D eigenvalue weighted by molar-refractivity contribution is -0.143. The molecule has 1 aromatic rings. The summed E-state index contributed by atoms with van der Waals surface area (Å²) in [6.07, 6.45) is -4.50. The van der Waals surface area contributed by atoms with E-state index in [-0.39, 0.29) is 19.0 Å². The Kier molecular flexibility index (Phi) is 5.75. The van der Waals surface area contributed by atoms with Crippen LogP contribution in [0.15, 0.2) is 18.2 Å². The summed E-state index contributed by atoms with van der Waals surface area (Å²) in [5, 5.41) is 3.13. The molecule has 0 aliphatic carbocycles. The second-order valence-electron chi connectivity index (χ2n) is 5.60. The highest BCUT2D eigenvalue weighted by Crippen LogP contribution is 2.31. The minimum absolute atomic E-state index is 0.0457. The van der Waals surface area contributed by atoms with Crippen molar-refractivity contribution < 1.29 is 22.7 Å². The Bertz CT molecular complexity index is 566. The van der Waals surface area contributed by atoms with E-state index in [1.54, 1.807) is 23.1 Å². The number of benzene rings is 1. The molecule has 1 N–H and O–H groups in total. The van der Waals surface area contributed by atoms with Crippen LogP contribution in [0.4, 0.5) is 18.9 Å². The first-order valence-electron chi connectivity index (χ1n) is 7.19. The van der Waals surface area contributed by atoms with Gasteiger partial charge >= 0.3 is 6.18 Å². The van der Waals surface area contributed by atoms with Crippen molar-refractivity contribution in [2.75, 3.05) is 32.1 Å². The van der Waals surface area contributed by atoms with Crippen LogP contribution in [0.2, 0.25) is 5.02 Å². The monoisotopic (exact) mass is 350 g/mol. The van der Waals surface area contributed by atoms with Gasteiger partial charge in [0.05, 0.1) is 19.3 Å². The molecule has 1 unspecified atom stereocenters. The number of hydrogen-bond acceptors (Lipinski definition) is 3.